The molecular formula is C19H13FN2. The lowest BCUT2D eigenvalue weighted by molar-refractivity contribution is 0.576. The predicted octanol–water partition coefficient (Wildman–Crippen LogP) is 4.81. The third-order valence-electron chi connectivity index (χ3n) is 3.71. The molecule has 0 saturated carbocycles. The molecule has 2 aromatic carbocycles. The first-order chi connectivity index (χ1) is 10.8. The molecule has 0 fully saturated rings. The molecule has 4 rings (SSSR count). The van der Waals surface area contributed by atoms with Gasteiger partial charge in [0.05, 0.1) is 0 Å². The van der Waals surface area contributed by atoms with E-state index in [0.29, 0.717) is 11.3 Å². The van der Waals surface area contributed by atoms with E-state index in [1.54, 1.807) is 18.3 Å². The molecule has 4 aromatic rings. The first-order valence-corrected chi connectivity index (χ1v) is 7.11. The van der Waals surface area contributed by atoms with Gasteiger partial charge in [-0.25, -0.2) is 4.98 Å². The van der Waals surface area contributed by atoms with Crippen LogP contribution in [-0.4, -0.2) is 9.38 Å². The van der Waals surface area contributed by atoms with Crippen LogP contribution in [0.4, 0.5) is 4.39 Å². The van der Waals surface area contributed by atoms with E-state index >= 15 is 0 Å². The number of hydrogen-bond donors (Lipinski definition) is 0. The Hall–Kier alpha value is -2.94. The molecule has 2 heterocycles. The van der Waals surface area contributed by atoms with Crippen molar-refractivity contribution in [3.8, 4) is 22.4 Å². The molecule has 0 spiro atoms. The lowest BCUT2D eigenvalue weighted by atomic mass is 10.0. The summed E-state index contributed by atoms with van der Waals surface area (Å²) in [4.78, 5) is 4.41. The molecule has 106 valence electrons. The summed E-state index contributed by atoms with van der Waals surface area (Å²) in [6.07, 6.45) is 1.68. The van der Waals surface area contributed by atoms with Crippen molar-refractivity contribution in [2.75, 3.05) is 0 Å². The van der Waals surface area contributed by atoms with E-state index in [9.17, 15) is 4.39 Å². The Labute approximate surface area is 127 Å². The van der Waals surface area contributed by atoms with Gasteiger partial charge in [0, 0.05) is 11.8 Å². The molecule has 0 aliphatic carbocycles. The number of hydrogen-bond acceptors (Lipinski definition) is 1. The van der Waals surface area contributed by atoms with Crippen LogP contribution < -0.4 is 0 Å². The van der Waals surface area contributed by atoms with E-state index in [0.717, 1.165) is 16.7 Å². The summed E-state index contributed by atoms with van der Waals surface area (Å²) in [6.45, 7) is 0. The highest BCUT2D eigenvalue weighted by Crippen LogP contribution is 2.27. The quantitative estimate of drug-likeness (QED) is 0.517. The van der Waals surface area contributed by atoms with Crippen LogP contribution in [0.15, 0.2) is 79.0 Å². The summed E-state index contributed by atoms with van der Waals surface area (Å²) in [5.74, 6) is -0.333. The molecular weight excluding hydrogens is 275 g/mol. The number of pyridine rings is 1. The third-order valence-corrected chi connectivity index (χ3v) is 3.71. The molecule has 0 aliphatic heterocycles. The average Bonchev–Trinajstić information content (AvgIpc) is 2.93. The van der Waals surface area contributed by atoms with Crippen LogP contribution >= 0.6 is 0 Å². The fourth-order valence-corrected chi connectivity index (χ4v) is 2.63. The lowest BCUT2D eigenvalue weighted by Crippen LogP contribution is -1.88. The minimum Gasteiger partial charge on any atom is -0.276 e. The number of fused-ring (bicyclic) bond motifs is 1. The van der Waals surface area contributed by atoms with E-state index in [-0.39, 0.29) is 5.95 Å². The van der Waals surface area contributed by atoms with Crippen molar-refractivity contribution >= 4 is 5.65 Å². The summed E-state index contributed by atoms with van der Waals surface area (Å²) in [6, 6.07) is 23.3. The Balaban J connectivity index is 1.87. The lowest BCUT2D eigenvalue weighted by Gasteiger charge is -2.04. The van der Waals surface area contributed by atoms with Crippen LogP contribution in [0.2, 0.25) is 0 Å². The van der Waals surface area contributed by atoms with E-state index < -0.39 is 0 Å². The van der Waals surface area contributed by atoms with E-state index in [4.69, 9.17) is 0 Å². The molecule has 0 atom stereocenters. The Bertz CT molecular complexity index is 942. The van der Waals surface area contributed by atoms with E-state index in [2.05, 4.69) is 4.98 Å². The monoisotopic (exact) mass is 288 g/mol. The molecule has 0 N–H and O–H groups in total. The highest BCUT2D eigenvalue weighted by Gasteiger charge is 2.13. The second-order valence-corrected chi connectivity index (χ2v) is 5.13. The van der Waals surface area contributed by atoms with Crippen molar-refractivity contribution in [3.05, 3.63) is 84.9 Å². The summed E-state index contributed by atoms with van der Waals surface area (Å²) in [5.41, 5.74) is 3.93. The minimum absolute atomic E-state index is 0.333. The number of imidazole rings is 1. The molecule has 0 amide bonds. The summed E-state index contributed by atoms with van der Waals surface area (Å²) in [5, 5.41) is 0. The molecule has 22 heavy (non-hydrogen) atoms. The Morgan fingerprint density at radius 3 is 2.27 bits per heavy atom. The molecule has 3 heteroatoms. The molecule has 0 unspecified atom stereocenters. The van der Waals surface area contributed by atoms with Crippen molar-refractivity contribution in [1.82, 2.24) is 9.38 Å². The first kappa shape index (κ1) is 12.8. The van der Waals surface area contributed by atoms with Crippen molar-refractivity contribution in [3.63, 3.8) is 0 Å². The normalized spacial score (nSPS) is 11.0. The average molecular weight is 288 g/mol. The van der Waals surface area contributed by atoms with Gasteiger partial charge in [-0.05, 0) is 29.3 Å². The van der Waals surface area contributed by atoms with Gasteiger partial charge in [0.2, 0.25) is 5.95 Å². The van der Waals surface area contributed by atoms with Gasteiger partial charge >= 0.3 is 0 Å². The number of aromatic nitrogens is 2. The molecule has 0 bridgehead atoms. The van der Waals surface area contributed by atoms with Crippen LogP contribution in [0.1, 0.15) is 0 Å². The topological polar surface area (TPSA) is 17.3 Å². The molecule has 0 saturated heterocycles. The Morgan fingerprint density at radius 1 is 0.727 bits per heavy atom. The van der Waals surface area contributed by atoms with Crippen molar-refractivity contribution in [1.29, 1.82) is 0 Å². The molecule has 0 radical (unpaired) electrons. The van der Waals surface area contributed by atoms with Crippen LogP contribution in [0.25, 0.3) is 28.0 Å². The maximum Gasteiger partial charge on any atom is 0.225 e. The Morgan fingerprint density at radius 2 is 1.45 bits per heavy atom. The zero-order valence-electron chi connectivity index (χ0n) is 11.8. The number of nitrogens with zero attached hydrogens (tertiary/aromatic N) is 2. The van der Waals surface area contributed by atoms with E-state index in [1.807, 2.05) is 60.7 Å². The molecule has 0 aliphatic rings. The maximum atomic E-state index is 14.5. The van der Waals surface area contributed by atoms with Gasteiger partial charge in [-0.2, -0.15) is 4.39 Å². The summed E-state index contributed by atoms with van der Waals surface area (Å²) in [7, 11) is 0. The van der Waals surface area contributed by atoms with Gasteiger partial charge in [-0.15, -0.1) is 0 Å². The second kappa shape index (κ2) is 5.11. The van der Waals surface area contributed by atoms with E-state index in [1.165, 1.54) is 4.40 Å². The third kappa shape index (κ3) is 2.07. The van der Waals surface area contributed by atoms with Gasteiger partial charge in [0.15, 0.2) is 0 Å². The van der Waals surface area contributed by atoms with Gasteiger partial charge in [0.25, 0.3) is 0 Å². The van der Waals surface area contributed by atoms with Gasteiger partial charge in [0.1, 0.15) is 11.3 Å². The van der Waals surface area contributed by atoms with Crippen molar-refractivity contribution < 1.29 is 4.39 Å². The van der Waals surface area contributed by atoms with Crippen molar-refractivity contribution in [2.45, 2.75) is 0 Å². The highest BCUT2D eigenvalue weighted by molar-refractivity contribution is 5.72. The standard InChI is InChI=1S/C19H13FN2/c20-19-18(21-17-11-4-5-12-22(17)19)16-10-6-9-15(13-16)14-7-2-1-3-8-14/h1-13H. The van der Waals surface area contributed by atoms with Crippen LogP contribution in [0, 0.1) is 5.95 Å². The fraction of sp³-hybridized carbons (Fsp3) is 0. The maximum absolute atomic E-state index is 14.5. The predicted molar refractivity (Wildman–Crippen MR) is 86.0 cm³/mol. The minimum atomic E-state index is -0.333. The van der Waals surface area contributed by atoms with Crippen LogP contribution in [-0.2, 0) is 0 Å². The second-order valence-electron chi connectivity index (χ2n) is 5.13. The van der Waals surface area contributed by atoms with Gasteiger partial charge in [-0.1, -0.05) is 54.6 Å². The zero-order chi connectivity index (χ0) is 14.9. The molecule has 2 aromatic heterocycles. The van der Waals surface area contributed by atoms with Gasteiger partial charge < -0.3 is 0 Å². The highest BCUT2D eigenvalue weighted by atomic mass is 19.1. The van der Waals surface area contributed by atoms with Crippen molar-refractivity contribution in [2.24, 2.45) is 0 Å². The summed E-state index contributed by atoms with van der Waals surface area (Å²) < 4.78 is 16.0. The number of rotatable bonds is 2. The van der Waals surface area contributed by atoms with Crippen LogP contribution in [0.5, 0.6) is 0 Å². The molecule has 2 nitrogen and oxygen atoms in total. The Kier molecular flexibility index (Phi) is 2.97. The zero-order valence-corrected chi connectivity index (χ0v) is 11.8. The SMILES string of the molecule is Fc1c(-c2cccc(-c3ccccc3)c2)nc2ccccn12. The number of benzene rings is 2. The fourth-order valence-electron chi connectivity index (χ4n) is 2.63. The first-order valence-electron chi connectivity index (χ1n) is 7.11. The van der Waals surface area contributed by atoms with Gasteiger partial charge in [-0.3, -0.25) is 4.40 Å². The summed E-state index contributed by atoms with van der Waals surface area (Å²) >= 11 is 0. The smallest absolute Gasteiger partial charge is 0.225 e. The largest absolute Gasteiger partial charge is 0.276 e. The van der Waals surface area contributed by atoms with Crippen LogP contribution in [0.3, 0.4) is 0 Å². The number of halogens is 1.